The fourth-order valence-corrected chi connectivity index (χ4v) is 2.59. The van der Waals surface area contributed by atoms with Gasteiger partial charge in [0.15, 0.2) is 5.76 Å². The maximum atomic E-state index is 10.8. The van der Waals surface area contributed by atoms with E-state index in [1.54, 1.807) is 30.5 Å². The third-order valence-corrected chi connectivity index (χ3v) is 3.70. The molecule has 0 unspecified atom stereocenters. The number of nitro benzene ring substituents is 1. The highest BCUT2D eigenvalue weighted by molar-refractivity contribution is 6.08. The van der Waals surface area contributed by atoms with E-state index in [1.165, 1.54) is 12.1 Å². The van der Waals surface area contributed by atoms with Gasteiger partial charge in [-0.05, 0) is 24.3 Å². The van der Waals surface area contributed by atoms with Gasteiger partial charge in [-0.3, -0.25) is 15.1 Å². The molecule has 3 heterocycles. The second-order valence-electron chi connectivity index (χ2n) is 5.17. The molecule has 1 aromatic carbocycles. The fourth-order valence-electron chi connectivity index (χ4n) is 2.59. The summed E-state index contributed by atoms with van der Waals surface area (Å²) >= 11 is 0. The largest absolute Gasteiger partial charge is 0.461 e. The first-order valence-electron chi connectivity index (χ1n) is 7.31. The summed E-state index contributed by atoms with van der Waals surface area (Å²) in [5, 5.41) is 18.2. The van der Waals surface area contributed by atoms with Crippen LogP contribution in [-0.4, -0.2) is 29.0 Å². The number of non-ortho nitro benzene ring substituents is 1. The van der Waals surface area contributed by atoms with Gasteiger partial charge >= 0.3 is 0 Å². The molecule has 0 bridgehead atoms. The number of aliphatic imine (C=N–C) groups is 1. The maximum absolute atomic E-state index is 10.8. The molecule has 0 amide bonds. The second-order valence-corrected chi connectivity index (χ2v) is 5.17. The monoisotopic (exact) mass is 324 g/mol. The van der Waals surface area contributed by atoms with Crippen LogP contribution in [0.25, 0.3) is 22.8 Å². The first-order valence-corrected chi connectivity index (χ1v) is 7.31. The number of furan rings is 1. The SMILES string of the molecule is O=[N+]([O-])c1ccc(-c2noc(-c3ccco3)c2C2=NCCN2)cc1. The number of amidine groups is 1. The summed E-state index contributed by atoms with van der Waals surface area (Å²) < 4.78 is 10.9. The molecule has 8 heteroatoms. The molecule has 1 aliphatic heterocycles. The molecular weight excluding hydrogens is 312 g/mol. The number of nitro groups is 1. The maximum Gasteiger partial charge on any atom is 0.269 e. The standard InChI is InChI=1S/C16H12N4O4/c21-20(22)11-5-3-10(4-6-11)14-13(16-17-7-8-18-16)15(24-19-14)12-2-1-9-23-12/h1-6,9H,7-8H2,(H,17,18). The minimum atomic E-state index is -0.440. The fraction of sp³-hybridized carbons (Fsp3) is 0.125. The zero-order valence-electron chi connectivity index (χ0n) is 12.4. The predicted octanol–water partition coefficient (Wildman–Crippen LogP) is 2.86. The van der Waals surface area contributed by atoms with E-state index >= 15 is 0 Å². The number of hydrogen-bond donors (Lipinski definition) is 1. The second kappa shape index (κ2) is 5.65. The van der Waals surface area contributed by atoms with Gasteiger partial charge in [0.25, 0.3) is 5.69 Å². The molecule has 0 spiro atoms. The van der Waals surface area contributed by atoms with E-state index in [0.717, 1.165) is 6.54 Å². The molecule has 0 atom stereocenters. The Morgan fingerprint density at radius 3 is 2.67 bits per heavy atom. The Hall–Kier alpha value is -3.42. The highest BCUT2D eigenvalue weighted by Gasteiger charge is 2.26. The van der Waals surface area contributed by atoms with Gasteiger partial charge in [-0.25, -0.2) is 0 Å². The van der Waals surface area contributed by atoms with Crippen LogP contribution >= 0.6 is 0 Å². The minimum absolute atomic E-state index is 0.0198. The van der Waals surface area contributed by atoms with Crippen LogP contribution in [0.2, 0.25) is 0 Å². The van der Waals surface area contributed by atoms with Crippen molar-refractivity contribution in [1.82, 2.24) is 10.5 Å². The number of nitrogens with one attached hydrogen (secondary N) is 1. The van der Waals surface area contributed by atoms with Crippen molar-refractivity contribution >= 4 is 11.5 Å². The molecule has 1 aliphatic rings. The van der Waals surface area contributed by atoms with Crippen molar-refractivity contribution in [2.24, 2.45) is 4.99 Å². The number of benzene rings is 1. The lowest BCUT2D eigenvalue weighted by atomic mass is 10.0. The van der Waals surface area contributed by atoms with E-state index in [1.807, 2.05) is 0 Å². The molecule has 1 N–H and O–H groups in total. The number of nitrogens with zero attached hydrogens (tertiary/aromatic N) is 3. The lowest BCUT2D eigenvalue weighted by Gasteiger charge is -2.04. The van der Waals surface area contributed by atoms with Gasteiger partial charge < -0.3 is 14.3 Å². The molecule has 0 aliphatic carbocycles. The molecule has 8 nitrogen and oxygen atoms in total. The predicted molar refractivity (Wildman–Crippen MR) is 85.7 cm³/mol. The first-order chi connectivity index (χ1) is 11.7. The highest BCUT2D eigenvalue weighted by Crippen LogP contribution is 2.33. The first kappa shape index (κ1) is 14.2. The van der Waals surface area contributed by atoms with E-state index in [9.17, 15) is 10.1 Å². The Kier molecular flexibility index (Phi) is 3.34. The van der Waals surface area contributed by atoms with E-state index in [4.69, 9.17) is 8.94 Å². The molecule has 120 valence electrons. The lowest BCUT2D eigenvalue weighted by Crippen LogP contribution is -2.20. The average Bonchev–Trinajstić information content (AvgIpc) is 3.33. The van der Waals surface area contributed by atoms with Crippen LogP contribution in [0.15, 0.2) is 56.6 Å². The zero-order chi connectivity index (χ0) is 16.5. The smallest absolute Gasteiger partial charge is 0.269 e. The number of hydrogen-bond acceptors (Lipinski definition) is 7. The van der Waals surface area contributed by atoms with E-state index in [-0.39, 0.29) is 5.69 Å². The van der Waals surface area contributed by atoms with Crippen LogP contribution in [0.5, 0.6) is 0 Å². The molecular formula is C16H12N4O4. The molecule has 24 heavy (non-hydrogen) atoms. The van der Waals surface area contributed by atoms with Gasteiger partial charge in [-0.15, -0.1) is 0 Å². The van der Waals surface area contributed by atoms with Gasteiger partial charge in [0, 0.05) is 24.2 Å². The van der Waals surface area contributed by atoms with Crippen molar-refractivity contribution in [3.63, 3.8) is 0 Å². The van der Waals surface area contributed by atoms with Crippen LogP contribution < -0.4 is 5.32 Å². The average molecular weight is 324 g/mol. The normalized spacial score (nSPS) is 13.6. The molecule has 4 rings (SSSR count). The van der Waals surface area contributed by atoms with Gasteiger partial charge in [-0.2, -0.15) is 0 Å². The topological polar surface area (TPSA) is 107 Å². The lowest BCUT2D eigenvalue weighted by molar-refractivity contribution is -0.384. The van der Waals surface area contributed by atoms with Crippen LogP contribution in [-0.2, 0) is 0 Å². The Bertz CT molecular complexity index is 910. The van der Waals surface area contributed by atoms with Crippen LogP contribution in [0, 0.1) is 10.1 Å². The third-order valence-electron chi connectivity index (χ3n) is 3.70. The Labute approximate surface area is 135 Å². The summed E-state index contributed by atoms with van der Waals surface area (Å²) in [7, 11) is 0. The Morgan fingerprint density at radius 1 is 1.21 bits per heavy atom. The molecule has 0 radical (unpaired) electrons. The van der Waals surface area contributed by atoms with Crippen molar-refractivity contribution in [3.05, 3.63) is 58.3 Å². The summed E-state index contributed by atoms with van der Waals surface area (Å²) in [4.78, 5) is 14.8. The van der Waals surface area contributed by atoms with E-state index in [2.05, 4.69) is 15.5 Å². The van der Waals surface area contributed by atoms with Crippen LogP contribution in [0.4, 0.5) is 5.69 Å². The van der Waals surface area contributed by atoms with E-state index < -0.39 is 4.92 Å². The van der Waals surface area contributed by atoms with Gasteiger partial charge in [0.1, 0.15) is 11.5 Å². The molecule has 2 aromatic heterocycles. The van der Waals surface area contributed by atoms with Crippen molar-refractivity contribution in [1.29, 1.82) is 0 Å². The minimum Gasteiger partial charge on any atom is -0.461 e. The third kappa shape index (κ3) is 2.34. The van der Waals surface area contributed by atoms with Gasteiger partial charge in [-0.1, -0.05) is 5.16 Å². The molecule has 0 saturated heterocycles. The summed E-state index contributed by atoms with van der Waals surface area (Å²) in [6.45, 7) is 1.40. The van der Waals surface area contributed by atoms with Gasteiger partial charge in [0.2, 0.25) is 5.76 Å². The number of rotatable bonds is 4. The van der Waals surface area contributed by atoms with Crippen molar-refractivity contribution in [3.8, 4) is 22.8 Å². The zero-order valence-corrected chi connectivity index (χ0v) is 12.4. The van der Waals surface area contributed by atoms with Crippen molar-refractivity contribution in [2.75, 3.05) is 13.1 Å². The highest BCUT2D eigenvalue weighted by atomic mass is 16.6. The quantitative estimate of drug-likeness (QED) is 0.584. The summed E-state index contributed by atoms with van der Waals surface area (Å²) in [5.41, 5.74) is 1.97. The van der Waals surface area contributed by atoms with Crippen molar-refractivity contribution in [2.45, 2.75) is 0 Å². The van der Waals surface area contributed by atoms with Crippen LogP contribution in [0.1, 0.15) is 5.56 Å². The number of aromatic nitrogens is 1. The molecule has 0 fully saturated rings. The van der Waals surface area contributed by atoms with Crippen molar-refractivity contribution < 1.29 is 13.9 Å². The molecule has 0 saturated carbocycles. The Morgan fingerprint density at radius 2 is 2.04 bits per heavy atom. The van der Waals surface area contributed by atoms with Crippen LogP contribution in [0.3, 0.4) is 0 Å². The Balaban J connectivity index is 1.85. The summed E-state index contributed by atoms with van der Waals surface area (Å²) in [6, 6.07) is 9.69. The summed E-state index contributed by atoms with van der Waals surface area (Å²) in [5.74, 6) is 1.69. The summed E-state index contributed by atoms with van der Waals surface area (Å²) in [6.07, 6.45) is 1.55. The van der Waals surface area contributed by atoms with E-state index in [0.29, 0.717) is 40.7 Å². The molecule has 3 aromatic rings. The van der Waals surface area contributed by atoms with Gasteiger partial charge in [0.05, 0.1) is 23.3 Å².